The summed E-state index contributed by atoms with van der Waals surface area (Å²) in [4.78, 5) is 2.03. The van der Waals surface area contributed by atoms with E-state index in [0.29, 0.717) is 16.8 Å². The largest absolute Gasteiger partial charge is 0.121 e. The molecule has 0 unspecified atom stereocenters. The van der Waals surface area contributed by atoms with Crippen LogP contribution >= 0.6 is 46.6 Å². The van der Waals surface area contributed by atoms with Gasteiger partial charge in [0.1, 0.15) is 0 Å². The summed E-state index contributed by atoms with van der Waals surface area (Å²) in [6.07, 6.45) is 0. The summed E-state index contributed by atoms with van der Waals surface area (Å²) in [5, 5.41) is 0.621. The topological polar surface area (TPSA) is 0 Å². The van der Waals surface area contributed by atoms with Gasteiger partial charge in [-0.3, -0.25) is 0 Å². The Morgan fingerprint density at radius 2 is 1.71 bits per heavy atom. The van der Waals surface area contributed by atoms with Crippen LogP contribution in [-0.4, -0.2) is 11.8 Å². The van der Waals surface area contributed by atoms with Crippen molar-refractivity contribution in [1.29, 1.82) is 0 Å². The molecule has 0 spiro atoms. The molecular formula is C10H9Cl3S. The summed E-state index contributed by atoms with van der Waals surface area (Å²) in [5.41, 5.74) is 0. The minimum absolute atomic E-state index is 0.309. The number of rotatable bonds is 4. The molecule has 0 heterocycles. The number of hydrogen-bond acceptors (Lipinski definition) is 1. The molecule has 0 bridgehead atoms. The Hall–Kier alpha value is 0.180. The first-order chi connectivity index (χ1) is 6.77. The Balaban J connectivity index is 2.77. The number of allylic oxidation sites excluding steroid dienone is 2. The van der Waals surface area contributed by atoms with Crippen LogP contribution in [-0.2, 0) is 0 Å². The van der Waals surface area contributed by atoms with Crippen molar-refractivity contribution in [1.82, 2.24) is 0 Å². The van der Waals surface area contributed by atoms with Crippen LogP contribution in [0.1, 0.15) is 0 Å². The van der Waals surface area contributed by atoms with Gasteiger partial charge in [0.25, 0.3) is 0 Å². The predicted octanol–water partition coefficient (Wildman–Crippen LogP) is 4.71. The maximum absolute atomic E-state index is 5.92. The smallest absolute Gasteiger partial charge is 0.0590 e. The Kier molecular flexibility index (Phi) is 5.80. The number of alkyl halides is 2. The van der Waals surface area contributed by atoms with Gasteiger partial charge in [0, 0.05) is 14.8 Å². The van der Waals surface area contributed by atoms with E-state index in [1.54, 1.807) is 11.8 Å². The van der Waals surface area contributed by atoms with Crippen molar-refractivity contribution < 1.29 is 0 Å². The van der Waals surface area contributed by atoms with E-state index in [-0.39, 0.29) is 0 Å². The standard InChI is InChI=1S/C10H9Cl3S/c11-6-9(13)10(7-12)14-8-4-2-1-3-5-8/h1-5H,6-7H2/b10-9+. The third-order valence-electron chi connectivity index (χ3n) is 1.53. The van der Waals surface area contributed by atoms with E-state index in [1.807, 2.05) is 30.3 Å². The fourth-order valence-electron chi connectivity index (χ4n) is 0.860. The van der Waals surface area contributed by atoms with Crippen molar-refractivity contribution in [3.05, 3.63) is 40.3 Å². The average Bonchev–Trinajstić information content (AvgIpc) is 2.26. The second-order valence-corrected chi connectivity index (χ2v) is 4.67. The highest BCUT2D eigenvalue weighted by Gasteiger charge is 2.04. The number of thioether (sulfide) groups is 1. The van der Waals surface area contributed by atoms with E-state index in [9.17, 15) is 0 Å². The van der Waals surface area contributed by atoms with Gasteiger partial charge in [-0.15, -0.1) is 23.2 Å². The van der Waals surface area contributed by atoms with E-state index in [2.05, 4.69) is 0 Å². The molecular weight excluding hydrogens is 259 g/mol. The minimum atomic E-state index is 0.309. The first kappa shape index (κ1) is 12.3. The van der Waals surface area contributed by atoms with Gasteiger partial charge in [0.05, 0.1) is 11.8 Å². The zero-order valence-corrected chi connectivity index (χ0v) is 10.4. The molecule has 0 aliphatic carbocycles. The molecule has 0 nitrogen and oxygen atoms in total. The van der Waals surface area contributed by atoms with E-state index in [4.69, 9.17) is 34.8 Å². The highest BCUT2D eigenvalue weighted by Crippen LogP contribution is 2.31. The molecule has 1 aromatic carbocycles. The maximum Gasteiger partial charge on any atom is 0.0590 e. The summed E-state index contributed by atoms with van der Waals surface area (Å²) in [5.74, 6) is 0.703. The van der Waals surface area contributed by atoms with E-state index < -0.39 is 0 Å². The van der Waals surface area contributed by atoms with Gasteiger partial charge < -0.3 is 0 Å². The lowest BCUT2D eigenvalue weighted by molar-refractivity contribution is 1.45. The van der Waals surface area contributed by atoms with Crippen molar-refractivity contribution in [3.8, 4) is 0 Å². The van der Waals surface area contributed by atoms with Crippen LogP contribution in [0.4, 0.5) is 0 Å². The van der Waals surface area contributed by atoms with Crippen LogP contribution < -0.4 is 0 Å². The molecule has 0 amide bonds. The molecule has 1 aromatic rings. The third-order valence-corrected chi connectivity index (χ3v) is 3.97. The predicted molar refractivity (Wildman–Crippen MR) is 66.6 cm³/mol. The SMILES string of the molecule is ClC/C(Cl)=C(/CCl)Sc1ccccc1. The van der Waals surface area contributed by atoms with Crippen LogP contribution in [0, 0.1) is 0 Å². The van der Waals surface area contributed by atoms with Crippen molar-refractivity contribution in [2.75, 3.05) is 11.8 Å². The monoisotopic (exact) mass is 266 g/mol. The second kappa shape index (κ2) is 6.62. The Bertz CT molecular complexity index is 308. The minimum Gasteiger partial charge on any atom is -0.121 e. The van der Waals surface area contributed by atoms with E-state index in [0.717, 1.165) is 9.80 Å². The van der Waals surface area contributed by atoms with Gasteiger partial charge in [0.15, 0.2) is 0 Å². The summed E-state index contributed by atoms with van der Waals surface area (Å²) in [6.45, 7) is 0. The Morgan fingerprint density at radius 3 is 2.21 bits per heavy atom. The molecule has 0 radical (unpaired) electrons. The van der Waals surface area contributed by atoms with Gasteiger partial charge in [-0.1, -0.05) is 41.6 Å². The molecule has 1 rings (SSSR count). The van der Waals surface area contributed by atoms with Gasteiger partial charge in [0.2, 0.25) is 0 Å². The lowest BCUT2D eigenvalue weighted by atomic mass is 10.4. The summed E-state index contributed by atoms with van der Waals surface area (Å²) in [7, 11) is 0. The molecule has 4 heteroatoms. The van der Waals surface area contributed by atoms with Crippen LogP contribution in [0.3, 0.4) is 0 Å². The lowest BCUT2D eigenvalue weighted by Crippen LogP contribution is -1.85. The average molecular weight is 268 g/mol. The summed E-state index contributed by atoms with van der Waals surface area (Å²) >= 11 is 18.9. The van der Waals surface area contributed by atoms with Crippen LogP contribution in [0.25, 0.3) is 0 Å². The molecule has 0 saturated carbocycles. The normalized spacial score (nSPS) is 12.5. The molecule has 0 aromatic heterocycles. The number of benzene rings is 1. The highest BCUT2D eigenvalue weighted by atomic mass is 35.5. The maximum atomic E-state index is 5.92. The molecule has 0 fully saturated rings. The van der Waals surface area contributed by atoms with Crippen molar-refractivity contribution in [2.24, 2.45) is 0 Å². The third kappa shape index (κ3) is 3.74. The number of hydrogen-bond donors (Lipinski definition) is 0. The molecule has 76 valence electrons. The zero-order chi connectivity index (χ0) is 10.4. The molecule has 0 aliphatic heterocycles. The molecule has 0 N–H and O–H groups in total. The van der Waals surface area contributed by atoms with Gasteiger partial charge in [-0.25, -0.2) is 0 Å². The van der Waals surface area contributed by atoms with E-state index in [1.165, 1.54) is 0 Å². The zero-order valence-electron chi connectivity index (χ0n) is 7.34. The van der Waals surface area contributed by atoms with Gasteiger partial charge in [-0.05, 0) is 12.1 Å². The Morgan fingerprint density at radius 1 is 1.07 bits per heavy atom. The second-order valence-electron chi connectivity index (χ2n) is 2.51. The molecule has 14 heavy (non-hydrogen) atoms. The van der Waals surface area contributed by atoms with Crippen molar-refractivity contribution in [2.45, 2.75) is 4.90 Å². The lowest BCUT2D eigenvalue weighted by Gasteiger charge is -2.05. The summed E-state index contributed by atoms with van der Waals surface area (Å²) < 4.78 is 0. The van der Waals surface area contributed by atoms with Crippen molar-refractivity contribution >= 4 is 46.6 Å². The first-order valence-electron chi connectivity index (χ1n) is 4.00. The van der Waals surface area contributed by atoms with E-state index >= 15 is 0 Å². The number of halogens is 3. The molecule has 0 saturated heterocycles. The van der Waals surface area contributed by atoms with Crippen LogP contribution in [0.2, 0.25) is 0 Å². The van der Waals surface area contributed by atoms with Gasteiger partial charge in [-0.2, -0.15) is 0 Å². The molecule has 0 atom stereocenters. The van der Waals surface area contributed by atoms with Crippen LogP contribution in [0.15, 0.2) is 45.2 Å². The molecule has 0 aliphatic rings. The van der Waals surface area contributed by atoms with Gasteiger partial charge >= 0.3 is 0 Å². The van der Waals surface area contributed by atoms with Crippen LogP contribution in [0.5, 0.6) is 0 Å². The fraction of sp³-hybridized carbons (Fsp3) is 0.200. The highest BCUT2D eigenvalue weighted by molar-refractivity contribution is 8.03. The summed E-state index contributed by atoms with van der Waals surface area (Å²) in [6, 6.07) is 9.94. The van der Waals surface area contributed by atoms with Crippen molar-refractivity contribution in [3.63, 3.8) is 0 Å². The fourth-order valence-corrected chi connectivity index (χ4v) is 2.49. The Labute approximate surface area is 103 Å². The first-order valence-corrected chi connectivity index (χ1v) is 6.26. The quantitative estimate of drug-likeness (QED) is 0.562.